The molecule has 0 saturated carbocycles. The standard InChI is InChI=1S/C14H10Br2N2O/c15-10-6-9-2-1-3-12(14(9)18-7-10)17-8-11-4-5-13(16)19-11/h1-7,17H,8H2. The summed E-state index contributed by atoms with van der Waals surface area (Å²) in [5.74, 6) is 0.876. The van der Waals surface area contributed by atoms with E-state index >= 15 is 0 Å². The van der Waals surface area contributed by atoms with Crippen molar-refractivity contribution < 1.29 is 4.42 Å². The fourth-order valence-corrected chi connectivity index (χ4v) is 2.59. The first-order valence-corrected chi connectivity index (χ1v) is 7.33. The lowest BCUT2D eigenvalue weighted by atomic mass is 10.2. The van der Waals surface area contributed by atoms with E-state index in [0.717, 1.165) is 31.5 Å². The van der Waals surface area contributed by atoms with Gasteiger partial charge in [0.25, 0.3) is 0 Å². The van der Waals surface area contributed by atoms with Gasteiger partial charge in [-0.2, -0.15) is 0 Å². The number of hydrogen-bond acceptors (Lipinski definition) is 3. The predicted molar refractivity (Wildman–Crippen MR) is 83.2 cm³/mol. The lowest BCUT2D eigenvalue weighted by molar-refractivity contribution is 0.495. The molecule has 0 spiro atoms. The summed E-state index contributed by atoms with van der Waals surface area (Å²) in [5, 5.41) is 4.44. The Morgan fingerprint density at radius 3 is 2.84 bits per heavy atom. The fraction of sp³-hybridized carbons (Fsp3) is 0.0714. The van der Waals surface area contributed by atoms with Crippen LogP contribution in [0.4, 0.5) is 5.69 Å². The maximum absolute atomic E-state index is 5.46. The molecule has 3 rings (SSSR count). The highest BCUT2D eigenvalue weighted by Gasteiger charge is 2.04. The minimum absolute atomic E-state index is 0.627. The second-order valence-corrected chi connectivity index (χ2v) is 5.79. The SMILES string of the molecule is Brc1cnc2c(NCc3ccc(Br)o3)cccc2c1. The summed E-state index contributed by atoms with van der Waals surface area (Å²) in [6.07, 6.45) is 1.80. The molecule has 3 nitrogen and oxygen atoms in total. The lowest BCUT2D eigenvalue weighted by Gasteiger charge is -2.08. The minimum Gasteiger partial charge on any atom is -0.452 e. The van der Waals surface area contributed by atoms with Crippen molar-refractivity contribution in [3.63, 3.8) is 0 Å². The molecule has 3 aromatic rings. The van der Waals surface area contributed by atoms with Crippen LogP contribution in [0.5, 0.6) is 0 Å². The van der Waals surface area contributed by atoms with Crippen LogP contribution >= 0.6 is 31.9 Å². The maximum Gasteiger partial charge on any atom is 0.169 e. The van der Waals surface area contributed by atoms with Crippen LogP contribution in [0.3, 0.4) is 0 Å². The van der Waals surface area contributed by atoms with Crippen LogP contribution in [0.25, 0.3) is 10.9 Å². The number of nitrogens with zero attached hydrogens (tertiary/aromatic N) is 1. The van der Waals surface area contributed by atoms with Gasteiger partial charge in [0.05, 0.1) is 17.7 Å². The van der Waals surface area contributed by atoms with E-state index in [1.54, 1.807) is 6.20 Å². The van der Waals surface area contributed by atoms with Crippen molar-refractivity contribution in [3.05, 3.63) is 57.5 Å². The first-order chi connectivity index (χ1) is 9.22. The van der Waals surface area contributed by atoms with Gasteiger partial charge in [0.1, 0.15) is 5.76 Å². The summed E-state index contributed by atoms with van der Waals surface area (Å²) in [7, 11) is 0. The average Bonchev–Trinajstić information content (AvgIpc) is 2.81. The number of halogens is 2. The molecule has 0 aliphatic heterocycles. The second kappa shape index (κ2) is 5.35. The van der Waals surface area contributed by atoms with Crippen molar-refractivity contribution in [2.24, 2.45) is 0 Å². The van der Waals surface area contributed by atoms with Gasteiger partial charge in [-0.1, -0.05) is 12.1 Å². The molecule has 0 aliphatic rings. The van der Waals surface area contributed by atoms with Crippen LogP contribution in [-0.2, 0) is 6.54 Å². The summed E-state index contributed by atoms with van der Waals surface area (Å²) in [5.41, 5.74) is 1.95. The number of furan rings is 1. The predicted octanol–water partition coefficient (Wildman–Crippen LogP) is 4.96. The van der Waals surface area contributed by atoms with Crippen molar-refractivity contribution in [2.75, 3.05) is 5.32 Å². The van der Waals surface area contributed by atoms with E-state index in [-0.39, 0.29) is 0 Å². The summed E-state index contributed by atoms with van der Waals surface area (Å²) in [6, 6.07) is 11.9. The topological polar surface area (TPSA) is 38.1 Å². The molecule has 0 fully saturated rings. The van der Waals surface area contributed by atoms with Crippen LogP contribution in [0, 0.1) is 0 Å². The van der Waals surface area contributed by atoms with E-state index in [2.05, 4.69) is 48.2 Å². The number of rotatable bonds is 3. The molecule has 0 saturated heterocycles. The van der Waals surface area contributed by atoms with Gasteiger partial charge in [-0.25, -0.2) is 0 Å². The number of anilines is 1. The zero-order chi connectivity index (χ0) is 13.2. The third-order valence-electron chi connectivity index (χ3n) is 2.76. The van der Waals surface area contributed by atoms with Crippen molar-refractivity contribution >= 4 is 48.5 Å². The summed E-state index contributed by atoms with van der Waals surface area (Å²) >= 11 is 6.73. The van der Waals surface area contributed by atoms with E-state index in [1.165, 1.54) is 0 Å². The molecular formula is C14H10Br2N2O. The molecule has 0 atom stereocenters. The second-order valence-electron chi connectivity index (χ2n) is 4.09. The fourth-order valence-electron chi connectivity index (χ4n) is 1.91. The van der Waals surface area contributed by atoms with Crippen molar-refractivity contribution in [1.29, 1.82) is 0 Å². The van der Waals surface area contributed by atoms with E-state index in [1.807, 2.05) is 30.3 Å². The van der Waals surface area contributed by atoms with Crippen LogP contribution in [0.2, 0.25) is 0 Å². The van der Waals surface area contributed by atoms with Gasteiger partial charge in [-0.3, -0.25) is 4.98 Å². The van der Waals surface area contributed by atoms with Crippen LogP contribution in [0.1, 0.15) is 5.76 Å². The Hall–Kier alpha value is -1.33. The Bertz CT molecular complexity index is 724. The number of para-hydroxylation sites is 1. The minimum atomic E-state index is 0.627. The van der Waals surface area contributed by atoms with Crippen LogP contribution in [0.15, 0.2) is 56.2 Å². The van der Waals surface area contributed by atoms with Crippen molar-refractivity contribution in [1.82, 2.24) is 4.98 Å². The largest absolute Gasteiger partial charge is 0.452 e. The van der Waals surface area contributed by atoms with Gasteiger partial charge in [-0.15, -0.1) is 0 Å². The third kappa shape index (κ3) is 2.82. The summed E-state index contributed by atoms with van der Waals surface area (Å²) in [4.78, 5) is 4.45. The Morgan fingerprint density at radius 1 is 1.16 bits per heavy atom. The smallest absolute Gasteiger partial charge is 0.169 e. The Morgan fingerprint density at radius 2 is 2.05 bits per heavy atom. The van der Waals surface area contributed by atoms with Crippen LogP contribution in [-0.4, -0.2) is 4.98 Å². The third-order valence-corrected chi connectivity index (χ3v) is 3.62. The quantitative estimate of drug-likeness (QED) is 0.696. The number of pyridine rings is 1. The molecule has 2 aromatic heterocycles. The normalized spacial score (nSPS) is 10.8. The number of aromatic nitrogens is 1. The molecule has 0 aliphatic carbocycles. The van der Waals surface area contributed by atoms with Gasteiger partial charge in [0.2, 0.25) is 0 Å². The molecule has 0 unspecified atom stereocenters. The zero-order valence-corrected chi connectivity index (χ0v) is 13.0. The average molecular weight is 382 g/mol. The van der Waals surface area contributed by atoms with Crippen molar-refractivity contribution in [3.8, 4) is 0 Å². The monoisotopic (exact) mass is 380 g/mol. The van der Waals surface area contributed by atoms with Gasteiger partial charge >= 0.3 is 0 Å². The molecular weight excluding hydrogens is 372 g/mol. The molecule has 2 heterocycles. The zero-order valence-electron chi connectivity index (χ0n) is 9.86. The Kier molecular flexibility index (Phi) is 3.57. The maximum atomic E-state index is 5.46. The van der Waals surface area contributed by atoms with Gasteiger partial charge < -0.3 is 9.73 Å². The van der Waals surface area contributed by atoms with E-state index in [4.69, 9.17) is 4.42 Å². The highest BCUT2D eigenvalue weighted by atomic mass is 79.9. The molecule has 19 heavy (non-hydrogen) atoms. The molecule has 0 radical (unpaired) electrons. The number of hydrogen-bond donors (Lipinski definition) is 1. The molecule has 1 aromatic carbocycles. The van der Waals surface area contributed by atoms with Gasteiger partial charge in [0, 0.05) is 16.1 Å². The first-order valence-electron chi connectivity index (χ1n) is 5.75. The highest BCUT2D eigenvalue weighted by Crippen LogP contribution is 2.24. The number of benzene rings is 1. The summed E-state index contributed by atoms with van der Waals surface area (Å²) in [6.45, 7) is 0.627. The number of fused-ring (bicyclic) bond motifs is 1. The lowest BCUT2D eigenvalue weighted by Crippen LogP contribution is -1.99. The van der Waals surface area contributed by atoms with Crippen LogP contribution < -0.4 is 5.32 Å². The molecule has 1 N–H and O–H groups in total. The van der Waals surface area contributed by atoms with E-state index in [0.29, 0.717) is 6.54 Å². The number of nitrogens with one attached hydrogen (secondary N) is 1. The molecule has 0 amide bonds. The molecule has 0 bridgehead atoms. The van der Waals surface area contributed by atoms with Gasteiger partial charge in [0.15, 0.2) is 4.67 Å². The van der Waals surface area contributed by atoms with Gasteiger partial charge in [-0.05, 0) is 56.1 Å². The summed E-state index contributed by atoms with van der Waals surface area (Å²) < 4.78 is 7.18. The Balaban J connectivity index is 1.88. The Labute approximate surface area is 127 Å². The van der Waals surface area contributed by atoms with E-state index < -0.39 is 0 Å². The molecule has 5 heteroatoms. The van der Waals surface area contributed by atoms with Crippen molar-refractivity contribution in [2.45, 2.75) is 6.54 Å². The molecule has 96 valence electrons. The first kappa shape index (κ1) is 12.7. The highest BCUT2D eigenvalue weighted by molar-refractivity contribution is 9.10. The van der Waals surface area contributed by atoms with E-state index in [9.17, 15) is 0 Å².